The normalized spacial score (nSPS) is 13.6. The van der Waals surface area contributed by atoms with Crippen LogP contribution in [0.5, 0.6) is 0 Å². The van der Waals surface area contributed by atoms with Gasteiger partial charge in [-0.2, -0.15) is 0 Å². The van der Waals surface area contributed by atoms with Crippen LogP contribution >= 0.6 is 0 Å². The number of rotatable bonds is 8. The third kappa shape index (κ3) is 6.02. The van der Waals surface area contributed by atoms with Crippen molar-refractivity contribution in [2.75, 3.05) is 20.8 Å². The molecule has 0 aromatic carbocycles. The summed E-state index contributed by atoms with van der Waals surface area (Å²) in [4.78, 5) is 0. The SMILES string of the molecule is CCCC(CC)NCC(OC)OC. The summed E-state index contributed by atoms with van der Waals surface area (Å²) in [6.45, 7) is 5.17. The highest BCUT2D eigenvalue weighted by molar-refractivity contribution is 4.64. The minimum atomic E-state index is -0.120. The van der Waals surface area contributed by atoms with Crippen molar-refractivity contribution in [1.29, 1.82) is 0 Å². The summed E-state index contributed by atoms with van der Waals surface area (Å²) in [6, 6.07) is 0.595. The number of ether oxygens (including phenoxy) is 2. The van der Waals surface area contributed by atoms with Crippen LogP contribution < -0.4 is 5.32 Å². The zero-order chi connectivity index (χ0) is 10.1. The average Bonchev–Trinajstić information content (AvgIpc) is 2.17. The number of methoxy groups -OCH3 is 2. The van der Waals surface area contributed by atoms with E-state index in [4.69, 9.17) is 9.47 Å². The van der Waals surface area contributed by atoms with Crippen molar-refractivity contribution in [2.45, 2.75) is 45.4 Å². The molecule has 0 rings (SSSR count). The van der Waals surface area contributed by atoms with Crippen LogP contribution in [0, 0.1) is 0 Å². The molecular formula is C10H23NO2. The second kappa shape index (κ2) is 8.48. The summed E-state index contributed by atoms with van der Waals surface area (Å²) >= 11 is 0. The predicted octanol–water partition coefficient (Wildman–Crippen LogP) is 1.77. The fourth-order valence-electron chi connectivity index (χ4n) is 1.32. The maximum atomic E-state index is 5.09. The van der Waals surface area contributed by atoms with Crippen LogP contribution in [0.3, 0.4) is 0 Å². The average molecular weight is 189 g/mol. The van der Waals surface area contributed by atoms with E-state index in [1.165, 1.54) is 12.8 Å². The lowest BCUT2D eigenvalue weighted by molar-refractivity contribution is -0.0999. The van der Waals surface area contributed by atoms with Gasteiger partial charge in [0, 0.05) is 26.8 Å². The predicted molar refractivity (Wildman–Crippen MR) is 54.8 cm³/mol. The maximum absolute atomic E-state index is 5.09. The third-order valence-corrected chi connectivity index (χ3v) is 2.23. The van der Waals surface area contributed by atoms with Crippen LogP contribution in [0.4, 0.5) is 0 Å². The smallest absolute Gasteiger partial charge is 0.169 e. The molecule has 0 aliphatic carbocycles. The fraction of sp³-hybridized carbons (Fsp3) is 1.00. The van der Waals surface area contributed by atoms with Gasteiger partial charge in [-0.05, 0) is 12.8 Å². The monoisotopic (exact) mass is 189 g/mol. The van der Waals surface area contributed by atoms with Gasteiger partial charge in [-0.3, -0.25) is 0 Å². The van der Waals surface area contributed by atoms with E-state index in [-0.39, 0.29) is 6.29 Å². The van der Waals surface area contributed by atoms with Crippen LogP contribution in [0.25, 0.3) is 0 Å². The molecule has 0 spiro atoms. The molecule has 0 radical (unpaired) electrons. The topological polar surface area (TPSA) is 30.5 Å². The van der Waals surface area contributed by atoms with Gasteiger partial charge in [-0.25, -0.2) is 0 Å². The van der Waals surface area contributed by atoms with Crippen molar-refractivity contribution in [2.24, 2.45) is 0 Å². The van der Waals surface area contributed by atoms with E-state index < -0.39 is 0 Å². The Morgan fingerprint density at radius 3 is 2.15 bits per heavy atom. The quantitative estimate of drug-likeness (QED) is 0.590. The Hall–Kier alpha value is -0.120. The van der Waals surface area contributed by atoms with Crippen molar-refractivity contribution in [3.8, 4) is 0 Å². The lowest BCUT2D eigenvalue weighted by Crippen LogP contribution is -2.36. The second-order valence-electron chi connectivity index (χ2n) is 3.20. The number of nitrogens with one attached hydrogen (secondary N) is 1. The van der Waals surface area contributed by atoms with Crippen molar-refractivity contribution in [3.63, 3.8) is 0 Å². The van der Waals surface area contributed by atoms with Crippen molar-refractivity contribution in [3.05, 3.63) is 0 Å². The van der Waals surface area contributed by atoms with Crippen LogP contribution in [0.1, 0.15) is 33.1 Å². The lowest BCUT2D eigenvalue weighted by atomic mass is 10.1. The first-order valence-electron chi connectivity index (χ1n) is 5.07. The molecule has 0 aromatic rings. The van der Waals surface area contributed by atoms with Crippen LogP contribution in [-0.2, 0) is 9.47 Å². The van der Waals surface area contributed by atoms with Crippen LogP contribution in [0.15, 0.2) is 0 Å². The molecule has 0 bridgehead atoms. The summed E-state index contributed by atoms with van der Waals surface area (Å²) in [5, 5.41) is 3.42. The summed E-state index contributed by atoms with van der Waals surface area (Å²) < 4.78 is 10.2. The minimum absolute atomic E-state index is 0.120. The standard InChI is InChI=1S/C10H23NO2/c1-5-7-9(6-2)11-8-10(12-3)13-4/h9-11H,5-8H2,1-4H3. The maximum Gasteiger partial charge on any atom is 0.169 e. The van der Waals surface area contributed by atoms with E-state index >= 15 is 0 Å². The summed E-state index contributed by atoms with van der Waals surface area (Å²) in [5.74, 6) is 0. The summed E-state index contributed by atoms with van der Waals surface area (Å²) in [6.07, 6.45) is 3.48. The van der Waals surface area contributed by atoms with Gasteiger partial charge in [-0.15, -0.1) is 0 Å². The van der Waals surface area contributed by atoms with Gasteiger partial charge in [0.1, 0.15) is 0 Å². The fourth-order valence-corrected chi connectivity index (χ4v) is 1.32. The Morgan fingerprint density at radius 2 is 1.77 bits per heavy atom. The Kier molecular flexibility index (Phi) is 8.40. The van der Waals surface area contributed by atoms with E-state index in [9.17, 15) is 0 Å². The van der Waals surface area contributed by atoms with Crippen LogP contribution in [-0.4, -0.2) is 33.1 Å². The molecule has 1 unspecified atom stereocenters. The molecule has 0 amide bonds. The first kappa shape index (κ1) is 12.9. The van der Waals surface area contributed by atoms with Gasteiger partial charge >= 0.3 is 0 Å². The number of hydrogen-bond donors (Lipinski definition) is 1. The lowest BCUT2D eigenvalue weighted by Gasteiger charge is -2.20. The van der Waals surface area contributed by atoms with Gasteiger partial charge in [0.2, 0.25) is 0 Å². The molecule has 1 atom stereocenters. The van der Waals surface area contributed by atoms with E-state index in [0.717, 1.165) is 13.0 Å². The summed E-state index contributed by atoms with van der Waals surface area (Å²) in [7, 11) is 3.33. The molecule has 13 heavy (non-hydrogen) atoms. The van der Waals surface area contributed by atoms with Gasteiger partial charge in [0.25, 0.3) is 0 Å². The molecule has 3 nitrogen and oxygen atoms in total. The third-order valence-electron chi connectivity index (χ3n) is 2.23. The number of hydrogen-bond acceptors (Lipinski definition) is 3. The molecule has 0 aromatic heterocycles. The first-order valence-corrected chi connectivity index (χ1v) is 5.07. The van der Waals surface area contributed by atoms with E-state index in [2.05, 4.69) is 19.2 Å². The minimum Gasteiger partial charge on any atom is -0.355 e. The van der Waals surface area contributed by atoms with Crippen LogP contribution in [0.2, 0.25) is 0 Å². The zero-order valence-electron chi connectivity index (χ0n) is 9.30. The molecule has 0 aliphatic heterocycles. The second-order valence-corrected chi connectivity index (χ2v) is 3.20. The molecule has 3 heteroatoms. The van der Waals surface area contributed by atoms with E-state index in [1.54, 1.807) is 14.2 Å². The molecular weight excluding hydrogens is 166 g/mol. The molecule has 0 aliphatic rings. The van der Waals surface area contributed by atoms with Crippen molar-refractivity contribution < 1.29 is 9.47 Å². The molecule has 80 valence electrons. The van der Waals surface area contributed by atoms with E-state index in [0.29, 0.717) is 6.04 Å². The molecule has 1 N–H and O–H groups in total. The Bertz CT molecular complexity index is 105. The Labute approximate surface area is 81.8 Å². The van der Waals surface area contributed by atoms with Gasteiger partial charge < -0.3 is 14.8 Å². The highest BCUT2D eigenvalue weighted by Crippen LogP contribution is 2.01. The van der Waals surface area contributed by atoms with E-state index in [1.807, 2.05) is 0 Å². The van der Waals surface area contributed by atoms with Crippen molar-refractivity contribution >= 4 is 0 Å². The van der Waals surface area contributed by atoms with Gasteiger partial charge in [-0.1, -0.05) is 20.3 Å². The molecule has 0 saturated heterocycles. The Morgan fingerprint density at radius 1 is 1.15 bits per heavy atom. The van der Waals surface area contributed by atoms with Crippen molar-refractivity contribution in [1.82, 2.24) is 5.32 Å². The highest BCUT2D eigenvalue weighted by Gasteiger charge is 2.08. The highest BCUT2D eigenvalue weighted by atomic mass is 16.7. The molecule has 0 saturated carbocycles. The zero-order valence-corrected chi connectivity index (χ0v) is 9.30. The summed E-state index contributed by atoms with van der Waals surface area (Å²) in [5.41, 5.74) is 0. The Balaban J connectivity index is 3.56. The largest absolute Gasteiger partial charge is 0.355 e. The molecule has 0 fully saturated rings. The first-order chi connectivity index (χ1) is 6.28. The van der Waals surface area contributed by atoms with Gasteiger partial charge in [0.15, 0.2) is 6.29 Å². The van der Waals surface area contributed by atoms with Gasteiger partial charge in [0.05, 0.1) is 0 Å². The molecule has 0 heterocycles.